The summed E-state index contributed by atoms with van der Waals surface area (Å²) in [6, 6.07) is 0. The van der Waals surface area contributed by atoms with Gasteiger partial charge < -0.3 is 10.3 Å². The highest BCUT2D eigenvalue weighted by Gasteiger charge is 2.20. The van der Waals surface area contributed by atoms with Gasteiger partial charge in [-0.2, -0.15) is 0 Å². The lowest BCUT2D eigenvalue weighted by molar-refractivity contribution is -0.120. The van der Waals surface area contributed by atoms with E-state index in [1.807, 2.05) is 6.92 Å². The number of aryl methyl sites for hydroxylation is 2. The van der Waals surface area contributed by atoms with Crippen LogP contribution in [0, 0.1) is 0 Å². The third-order valence-corrected chi connectivity index (χ3v) is 7.13. The van der Waals surface area contributed by atoms with Crippen LogP contribution in [0.4, 0.5) is 0 Å². The Bertz CT molecular complexity index is 828. The molecule has 1 amide bonds. The molecule has 26 heavy (non-hydrogen) atoms. The number of unbranched alkanes of at least 4 members (excludes halogenated alkanes) is 2. The van der Waals surface area contributed by atoms with Crippen molar-refractivity contribution >= 4 is 39.2 Å². The van der Waals surface area contributed by atoms with Crippen molar-refractivity contribution in [1.82, 2.24) is 15.3 Å². The number of aromatic amines is 1. The first kappa shape index (κ1) is 19.4. The molecule has 0 spiro atoms. The van der Waals surface area contributed by atoms with E-state index in [0.29, 0.717) is 11.6 Å². The fourth-order valence-electron chi connectivity index (χ4n) is 3.29. The molecular weight excluding hydrogens is 366 g/mol. The van der Waals surface area contributed by atoms with Crippen LogP contribution in [0.15, 0.2) is 4.79 Å². The molecule has 2 N–H and O–H groups in total. The molecule has 7 heteroatoms. The Morgan fingerprint density at radius 1 is 1.35 bits per heavy atom. The van der Waals surface area contributed by atoms with Crippen molar-refractivity contribution < 1.29 is 4.79 Å². The van der Waals surface area contributed by atoms with Gasteiger partial charge in [-0.25, -0.2) is 4.98 Å². The molecule has 0 bridgehead atoms. The number of amides is 1. The van der Waals surface area contributed by atoms with E-state index in [9.17, 15) is 9.59 Å². The number of thioether (sulfide) groups is 1. The molecule has 1 atom stereocenters. The van der Waals surface area contributed by atoms with Crippen LogP contribution in [0.1, 0.15) is 62.2 Å². The van der Waals surface area contributed by atoms with Gasteiger partial charge in [0, 0.05) is 11.4 Å². The number of H-pyrrole nitrogens is 1. The second-order valence-electron chi connectivity index (χ2n) is 6.86. The molecule has 1 aliphatic carbocycles. The molecule has 2 heterocycles. The van der Waals surface area contributed by atoms with Gasteiger partial charge in [-0.15, -0.1) is 23.1 Å². The van der Waals surface area contributed by atoms with Gasteiger partial charge in [-0.1, -0.05) is 19.8 Å². The first-order valence-corrected chi connectivity index (χ1v) is 11.4. The van der Waals surface area contributed by atoms with Crippen molar-refractivity contribution in [2.24, 2.45) is 0 Å². The standard InChI is InChI=1S/C19H27N3O2S2/c1-3-4-7-10-20-17(23)12(2)25-11-15-21-18(24)16-13-8-5-6-9-14(13)26-19(16)22-15/h12H,3-11H2,1-2H3,(H,20,23)(H,21,22,24). The average Bonchev–Trinajstić information content (AvgIpc) is 3.01. The molecule has 3 rings (SSSR count). The summed E-state index contributed by atoms with van der Waals surface area (Å²) in [6.45, 7) is 4.79. The van der Waals surface area contributed by atoms with Gasteiger partial charge in [0.05, 0.1) is 16.4 Å². The number of hydrogen-bond acceptors (Lipinski definition) is 5. The maximum atomic E-state index is 12.5. The van der Waals surface area contributed by atoms with E-state index in [4.69, 9.17) is 0 Å². The number of rotatable bonds is 8. The molecule has 142 valence electrons. The van der Waals surface area contributed by atoms with Crippen LogP contribution < -0.4 is 10.9 Å². The molecule has 1 aliphatic rings. The molecule has 0 saturated carbocycles. The van der Waals surface area contributed by atoms with Crippen molar-refractivity contribution in [3.8, 4) is 0 Å². The predicted molar refractivity (Wildman–Crippen MR) is 110 cm³/mol. The Balaban J connectivity index is 1.62. The van der Waals surface area contributed by atoms with Crippen molar-refractivity contribution in [1.29, 1.82) is 0 Å². The van der Waals surface area contributed by atoms with E-state index in [-0.39, 0.29) is 16.7 Å². The van der Waals surface area contributed by atoms with Crippen LogP contribution in [-0.4, -0.2) is 27.7 Å². The zero-order valence-corrected chi connectivity index (χ0v) is 17.2. The number of carbonyl (C=O) groups is 1. The molecular formula is C19H27N3O2S2. The lowest BCUT2D eigenvalue weighted by Gasteiger charge is -2.11. The van der Waals surface area contributed by atoms with E-state index in [1.165, 1.54) is 28.6 Å². The molecule has 0 saturated heterocycles. The molecule has 0 radical (unpaired) electrons. The molecule has 0 aromatic carbocycles. The largest absolute Gasteiger partial charge is 0.355 e. The smallest absolute Gasteiger partial charge is 0.259 e. The van der Waals surface area contributed by atoms with Crippen LogP contribution in [0.25, 0.3) is 10.2 Å². The molecule has 2 aromatic rings. The summed E-state index contributed by atoms with van der Waals surface area (Å²) in [5, 5.41) is 3.61. The Morgan fingerprint density at radius 2 is 2.15 bits per heavy atom. The number of carbonyl (C=O) groups excluding carboxylic acids is 1. The monoisotopic (exact) mass is 393 g/mol. The fourth-order valence-corrected chi connectivity index (χ4v) is 5.35. The van der Waals surface area contributed by atoms with E-state index < -0.39 is 0 Å². The van der Waals surface area contributed by atoms with Crippen LogP contribution in [-0.2, 0) is 23.4 Å². The first-order chi connectivity index (χ1) is 12.6. The third kappa shape index (κ3) is 4.49. The highest BCUT2D eigenvalue weighted by atomic mass is 32.2. The second kappa shape index (κ2) is 9.04. The van der Waals surface area contributed by atoms with Gasteiger partial charge >= 0.3 is 0 Å². The molecule has 2 aromatic heterocycles. The van der Waals surface area contributed by atoms with Crippen molar-refractivity contribution in [3.05, 3.63) is 26.6 Å². The maximum absolute atomic E-state index is 12.5. The van der Waals surface area contributed by atoms with Gasteiger partial charge in [-0.3, -0.25) is 9.59 Å². The number of aromatic nitrogens is 2. The second-order valence-corrected chi connectivity index (χ2v) is 9.27. The Hall–Kier alpha value is -1.34. The molecule has 1 unspecified atom stereocenters. The summed E-state index contributed by atoms with van der Waals surface area (Å²) in [6.07, 6.45) is 7.71. The zero-order valence-electron chi connectivity index (χ0n) is 15.5. The fraction of sp³-hybridized carbons (Fsp3) is 0.632. The van der Waals surface area contributed by atoms with Gasteiger partial charge in [0.25, 0.3) is 5.56 Å². The number of nitrogens with zero attached hydrogens (tertiary/aromatic N) is 1. The number of fused-ring (bicyclic) bond motifs is 3. The topological polar surface area (TPSA) is 74.8 Å². The summed E-state index contributed by atoms with van der Waals surface area (Å²) in [4.78, 5) is 34.4. The number of thiophene rings is 1. The van der Waals surface area contributed by atoms with E-state index in [1.54, 1.807) is 11.3 Å². The summed E-state index contributed by atoms with van der Waals surface area (Å²) in [5.41, 5.74) is 1.19. The van der Waals surface area contributed by atoms with E-state index >= 15 is 0 Å². The average molecular weight is 394 g/mol. The predicted octanol–water partition coefficient (Wildman–Crippen LogP) is 3.79. The van der Waals surface area contributed by atoms with Gasteiger partial charge in [-0.05, 0) is 44.6 Å². The molecule has 5 nitrogen and oxygen atoms in total. The summed E-state index contributed by atoms with van der Waals surface area (Å²) in [7, 11) is 0. The minimum absolute atomic E-state index is 0.0262. The van der Waals surface area contributed by atoms with Gasteiger partial charge in [0.2, 0.25) is 5.91 Å². The molecule has 0 fully saturated rings. The highest BCUT2D eigenvalue weighted by Crippen LogP contribution is 2.33. The van der Waals surface area contributed by atoms with Gasteiger partial charge in [0.1, 0.15) is 10.7 Å². The van der Waals surface area contributed by atoms with E-state index in [0.717, 1.165) is 55.3 Å². The van der Waals surface area contributed by atoms with Crippen molar-refractivity contribution in [2.75, 3.05) is 6.54 Å². The Labute approximate surface area is 162 Å². The quantitative estimate of drug-likeness (QED) is 0.669. The minimum Gasteiger partial charge on any atom is -0.355 e. The molecule has 0 aliphatic heterocycles. The normalized spacial score (nSPS) is 15.0. The zero-order chi connectivity index (χ0) is 18.5. The van der Waals surface area contributed by atoms with Crippen LogP contribution in [0.5, 0.6) is 0 Å². The highest BCUT2D eigenvalue weighted by molar-refractivity contribution is 7.99. The van der Waals surface area contributed by atoms with Gasteiger partial charge in [0.15, 0.2) is 0 Å². The summed E-state index contributed by atoms with van der Waals surface area (Å²) >= 11 is 3.18. The number of nitrogens with one attached hydrogen (secondary N) is 2. The van der Waals surface area contributed by atoms with E-state index in [2.05, 4.69) is 22.2 Å². The SMILES string of the molecule is CCCCCNC(=O)C(C)SCc1nc2sc3c(c2c(=O)[nH]1)CCCC3. The maximum Gasteiger partial charge on any atom is 0.259 e. The lowest BCUT2D eigenvalue weighted by Crippen LogP contribution is -2.31. The lowest BCUT2D eigenvalue weighted by atomic mass is 9.97. The Morgan fingerprint density at radius 3 is 2.96 bits per heavy atom. The summed E-state index contributed by atoms with van der Waals surface area (Å²) < 4.78 is 0. The number of hydrogen-bond donors (Lipinski definition) is 2. The van der Waals surface area contributed by atoms with Crippen LogP contribution in [0.2, 0.25) is 0 Å². The van der Waals surface area contributed by atoms with Crippen molar-refractivity contribution in [3.63, 3.8) is 0 Å². The van der Waals surface area contributed by atoms with Crippen molar-refractivity contribution in [2.45, 2.75) is 69.8 Å². The Kier molecular flexibility index (Phi) is 6.75. The minimum atomic E-state index is -0.158. The van der Waals surface area contributed by atoms with Crippen LogP contribution >= 0.6 is 23.1 Å². The van der Waals surface area contributed by atoms with Crippen LogP contribution in [0.3, 0.4) is 0 Å². The third-order valence-electron chi connectivity index (χ3n) is 4.79. The first-order valence-electron chi connectivity index (χ1n) is 9.53. The summed E-state index contributed by atoms with van der Waals surface area (Å²) in [5.74, 6) is 1.26.